The zero-order valence-corrected chi connectivity index (χ0v) is 9.39. The van der Waals surface area contributed by atoms with Gasteiger partial charge in [0.2, 0.25) is 0 Å². The molecule has 0 amide bonds. The van der Waals surface area contributed by atoms with E-state index in [1.165, 1.54) is 5.56 Å². The molecule has 1 radical (unpaired) electrons. The second-order valence-corrected chi connectivity index (χ2v) is 2.27. The molecule has 0 aliphatic heterocycles. The zero-order valence-electron chi connectivity index (χ0n) is 6.67. The van der Waals surface area contributed by atoms with Crippen molar-refractivity contribution in [3.05, 3.63) is 42.0 Å². The van der Waals surface area contributed by atoms with Gasteiger partial charge in [0, 0.05) is 27.5 Å². The van der Waals surface area contributed by atoms with Gasteiger partial charge in [0.1, 0.15) is 0 Å². The van der Waals surface area contributed by atoms with Gasteiger partial charge >= 0.3 is 0 Å². The van der Waals surface area contributed by atoms with E-state index in [9.17, 15) is 0 Å². The number of ether oxygens (including phenoxy) is 1. The minimum atomic E-state index is 0. The van der Waals surface area contributed by atoms with Crippen LogP contribution in [-0.4, -0.2) is 7.11 Å². The fraction of sp³-hybridized carbons (Fsp3) is 0.222. The molecular weight excluding hydrogens is 310 g/mol. The number of rotatable bonds is 2. The Bertz CT molecular complexity index is 210. The summed E-state index contributed by atoms with van der Waals surface area (Å²) in [5, 5.41) is 0. The maximum atomic E-state index is 4.86. The van der Waals surface area contributed by atoms with Crippen LogP contribution in [0.3, 0.4) is 0 Å². The average molecular weight is 321 g/mol. The van der Waals surface area contributed by atoms with Gasteiger partial charge in [-0.05, 0) is 0 Å². The Kier molecular flexibility index (Phi) is 5.23. The van der Waals surface area contributed by atoms with E-state index in [0.717, 1.165) is 5.56 Å². The van der Waals surface area contributed by atoms with Crippen molar-refractivity contribution in [1.82, 2.24) is 0 Å². The van der Waals surface area contributed by atoms with Gasteiger partial charge in [-0.3, -0.25) is 0 Å². The molecule has 1 aromatic rings. The number of methoxy groups -OCH3 is 1. The van der Waals surface area contributed by atoms with Gasteiger partial charge < -0.3 is 4.74 Å². The maximum absolute atomic E-state index is 4.86. The molecule has 0 aliphatic carbocycles. The molecule has 61 valence electrons. The molecule has 0 saturated carbocycles. The van der Waals surface area contributed by atoms with Crippen molar-refractivity contribution in [3.8, 4) is 0 Å². The largest absolute Gasteiger partial charge is 0.417 e. The van der Waals surface area contributed by atoms with E-state index in [1.54, 1.807) is 13.7 Å². The number of aryl methyl sites for hydroxylation is 1. The summed E-state index contributed by atoms with van der Waals surface area (Å²) in [5.74, 6) is 0. The average Bonchev–Trinajstić information content (AvgIpc) is 1.88. The van der Waals surface area contributed by atoms with Crippen molar-refractivity contribution < 1.29 is 25.2 Å². The Balaban J connectivity index is 0.000001000. The molecular formula is C9H11ORe-. The van der Waals surface area contributed by atoms with Crippen LogP contribution in [-0.2, 0) is 25.2 Å². The third-order valence-corrected chi connectivity index (χ3v) is 1.30. The molecule has 0 aliphatic rings. The molecule has 0 heterocycles. The predicted octanol–water partition coefficient (Wildman–Crippen LogP) is 2.15. The first kappa shape index (κ1) is 10.7. The topological polar surface area (TPSA) is 9.23 Å². The summed E-state index contributed by atoms with van der Waals surface area (Å²) in [5.41, 5.74) is 2.37. The molecule has 2 heteroatoms. The predicted molar refractivity (Wildman–Crippen MR) is 41.6 cm³/mol. The van der Waals surface area contributed by atoms with Gasteiger partial charge in [-0.2, -0.15) is 17.7 Å². The van der Waals surface area contributed by atoms with Gasteiger partial charge in [0.25, 0.3) is 0 Å². The second kappa shape index (κ2) is 5.37. The van der Waals surface area contributed by atoms with E-state index >= 15 is 0 Å². The van der Waals surface area contributed by atoms with Gasteiger partial charge in [-0.1, -0.05) is 19.6 Å². The maximum Gasteiger partial charge on any atom is 0.0259 e. The summed E-state index contributed by atoms with van der Waals surface area (Å²) in [6, 6.07) is 8.16. The van der Waals surface area contributed by atoms with Gasteiger partial charge in [-0.25, -0.2) is 0 Å². The molecule has 0 saturated heterocycles. The smallest absolute Gasteiger partial charge is 0.0259 e. The summed E-state index contributed by atoms with van der Waals surface area (Å²) < 4.78 is 4.86. The summed E-state index contributed by atoms with van der Waals surface area (Å²) >= 11 is 0. The van der Waals surface area contributed by atoms with E-state index in [0.29, 0.717) is 0 Å². The van der Waals surface area contributed by atoms with Crippen LogP contribution < -0.4 is 0 Å². The first-order chi connectivity index (χ1) is 4.83. The normalized spacial score (nSPS) is 8.55. The Morgan fingerprint density at radius 2 is 2.09 bits per heavy atom. The molecule has 0 unspecified atom stereocenters. The number of hydrogen-bond donors (Lipinski definition) is 0. The molecule has 11 heavy (non-hydrogen) atoms. The fourth-order valence-electron chi connectivity index (χ4n) is 0.880. The van der Waals surface area contributed by atoms with Crippen LogP contribution in [0.2, 0.25) is 0 Å². The molecule has 0 fully saturated rings. The first-order valence-electron chi connectivity index (χ1n) is 3.25. The van der Waals surface area contributed by atoms with Crippen molar-refractivity contribution in [2.45, 2.75) is 6.92 Å². The van der Waals surface area contributed by atoms with Crippen LogP contribution in [0.15, 0.2) is 24.3 Å². The van der Waals surface area contributed by atoms with Crippen molar-refractivity contribution in [3.63, 3.8) is 0 Å². The van der Waals surface area contributed by atoms with Crippen LogP contribution in [0.25, 0.3) is 0 Å². The standard InChI is InChI=1S/C9H11O.Re/c1-8-4-3-5-9(6-8)7-10-2;/h3-7H,1-2H3;/q-1;. The Morgan fingerprint density at radius 3 is 2.64 bits per heavy atom. The third kappa shape index (κ3) is 3.57. The monoisotopic (exact) mass is 322 g/mol. The zero-order chi connectivity index (χ0) is 7.40. The molecule has 0 atom stereocenters. The van der Waals surface area contributed by atoms with Gasteiger partial charge in [-0.15, -0.1) is 11.6 Å². The van der Waals surface area contributed by atoms with Crippen LogP contribution in [0.5, 0.6) is 0 Å². The second-order valence-electron chi connectivity index (χ2n) is 2.27. The first-order valence-corrected chi connectivity index (χ1v) is 3.25. The Morgan fingerprint density at radius 1 is 1.36 bits per heavy atom. The minimum absolute atomic E-state index is 0. The summed E-state index contributed by atoms with van der Waals surface area (Å²) in [6.45, 7) is 3.79. The van der Waals surface area contributed by atoms with E-state index < -0.39 is 0 Å². The number of hydrogen-bond acceptors (Lipinski definition) is 1. The SMILES string of the molecule is CO[CH-]c1cccc(C)c1.[Re]. The van der Waals surface area contributed by atoms with Gasteiger partial charge in [0.05, 0.1) is 0 Å². The molecule has 1 aromatic carbocycles. The quantitative estimate of drug-likeness (QED) is 0.759. The van der Waals surface area contributed by atoms with E-state index in [-0.39, 0.29) is 20.4 Å². The Labute approximate surface area is 81.4 Å². The van der Waals surface area contributed by atoms with Crippen LogP contribution >= 0.6 is 0 Å². The summed E-state index contributed by atoms with van der Waals surface area (Å²) in [7, 11) is 1.66. The van der Waals surface area contributed by atoms with E-state index in [1.807, 2.05) is 12.1 Å². The van der Waals surface area contributed by atoms with Gasteiger partial charge in [0.15, 0.2) is 0 Å². The molecule has 1 nitrogen and oxygen atoms in total. The summed E-state index contributed by atoms with van der Waals surface area (Å²) in [6.07, 6.45) is 0. The van der Waals surface area contributed by atoms with Crippen LogP contribution in [0, 0.1) is 13.5 Å². The van der Waals surface area contributed by atoms with Crippen molar-refractivity contribution in [2.75, 3.05) is 7.11 Å². The van der Waals surface area contributed by atoms with E-state index in [2.05, 4.69) is 19.1 Å². The fourth-order valence-corrected chi connectivity index (χ4v) is 0.880. The number of benzene rings is 1. The molecule has 0 spiro atoms. The molecule has 0 aromatic heterocycles. The minimum Gasteiger partial charge on any atom is -0.417 e. The van der Waals surface area contributed by atoms with Crippen LogP contribution in [0.4, 0.5) is 0 Å². The molecule has 0 N–H and O–H groups in total. The van der Waals surface area contributed by atoms with Crippen molar-refractivity contribution in [1.29, 1.82) is 0 Å². The van der Waals surface area contributed by atoms with Crippen molar-refractivity contribution in [2.24, 2.45) is 0 Å². The molecule has 1 rings (SSSR count). The summed E-state index contributed by atoms with van der Waals surface area (Å²) in [4.78, 5) is 0. The third-order valence-electron chi connectivity index (χ3n) is 1.30. The molecule has 0 bridgehead atoms. The van der Waals surface area contributed by atoms with Crippen LogP contribution in [0.1, 0.15) is 11.1 Å². The Hall–Kier alpha value is -0.288. The van der Waals surface area contributed by atoms with E-state index in [4.69, 9.17) is 4.74 Å². The van der Waals surface area contributed by atoms with Crippen molar-refractivity contribution >= 4 is 0 Å².